The van der Waals surface area contributed by atoms with E-state index in [1.165, 1.54) is 52.8 Å². The van der Waals surface area contributed by atoms with E-state index < -0.39 is 0 Å². The molecule has 0 aliphatic heterocycles. The van der Waals surface area contributed by atoms with Crippen molar-refractivity contribution in [2.24, 2.45) is 5.92 Å². The van der Waals surface area contributed by atoms with Crippen molar-refractivity contribution in [2.75, 3.05) is 5.32 Å². The number of nitrogens with zero attached hydrogens (tertiary/aromatic N) is 2. The number of rotatable bonds is 3. The number of hydrogen-bond donors (Lipinski definition) is 1. The molecule has 1 N–H and O–H groups in total. The third kappa shape index (κ3) is 1.62. The van der Waals surface area contributed by atoms with Crippen LogP contribution in [0.5, 0.6) is 0 Å². The first-order chi connectivity index (χ1) is 8.83. The Kier molecular flexibility index (Phi) is 2.34. The van der Waals surface area contributed by atoms with Crippen molar-refractivity contribution >= 4 is 27.4 Å². The number of hydrogen-bond acceptors (Lipinski definition) is 4. The number of thiophene rings is 1. The van der Waals surface area contributed by atoms with Crippen molar-refractivity contribution in [3.63, 3.8) is 0 Å². The molecule has 2 heterocycles. The van der Waals surface area contributed by atoms with Crippen molar-refractivity contribution in [3.05, 3.63) is 16.8 Å². The van der Waals surface area contributed by atoms with Gasteiger partial charge in [0.05, 0.1) is 5.39 Å². The molecule has 0 aromatic carbocycles. The molecule has 2 aromatic heterocycles. The van der Waals surface area contributed by atoms with Crippen LogP contribution in [0, 0.1) is 5.92 Å². The lowest BCUT2D eigenvalue weighted by Gasteiger charge is -2.14. The molecule has 0 saturated heterocycles. The van der Waals surface area contributed by atoms with Gasteiger partial charge in [-0.3, -0.25) is 0 Å². The number of aromatic nitrogens is 2. The van der Waals surface area contributed by atoms with Crippen LogP contribution in [-0.4, -0.2) is 16.0 Å². The predicted molar refractivity (Wildman–Crippen MR) is 75.2 cm³/mol. The first kappa shape index (κ1) is 10.7. The Morgan fingerprint density at radius 3 is 3.06 bits per heavy atom. The minimum absolute atomic E-state index is 0.542. The topological polar surface area (TPSA) is 37.8 Å². The predicted octanol–water partition coefficient (Wildman–Crippen LogP) is 3.39. The Morgan fingerprint density at radius 1 is 1.33 bits per heavy atom. The summed E-state index contributed by atoms with van der Waals surface area (Å²) in [6.07, 6.45) is 8.16. The van der Waals surface area contributed by atoms with Crippen LogP contribution in [0.15, 0.2) is 6.33 Å². The average molecular weight is 259 g/mol. The summed E-state index contributed by atoms with van der Waals surface area (Å²) in [4.78, 5) is 11.6. The molecule has 1 saturated carbocycles. The van der Waals surface area contributed by atoms with Crippen molar-refractivity contribution in [2.45, 2.75) is 45.1 Å². The third-order valence-electron chi connectivity index (χ3n) is 4.19. The van der Waals surface area contributed by atoms with Crippen molar-refractivity contribution in [1.29, 1.82) is 0 Å². The molecule has 4 heteroatoms. The molecule has 2 aromatic rings. The van der Waals surface area contributed by atoms with Crippen molar-refractivity contribution in [3.8, 4) is 0 Å². The molecule has 0 spiro atoms. The second-order valence-electron chi connectivity index (χ2n) is 5.53. The highest BCUT2D eigenvalue weighted by atomic mass is 32.1. The highest BCUT2D eigenvalue weighted by Crippen LogP contribution is 2.40. The first-order valence-electron chi connectivity index (χ1n) is 6.84. The molecule has 1 atom stereocenters. The highest BCUT2D eigenvalue weighted by Gasteiger charge is 2.29. The van der Waals surface area contributed by atoms with Gasteiger partial charge in [-0.25, -0.2) is 9.97 Å². The highest BCUT2D eigenvalue weighted by molar-refractivity contribution is 7.19. The van der Waals surface area contributed by atoms with Crippen LogP contribution in [-0.2, 0) is 12.8 Å². The second-order valence-corrected chi connectivity index (χ2v) is 6.61. The Balaban J connectivity index is 1.79. The Labute approximate surface area is 111 Å². The van der Waals surface area contributed by atoms with E-state index in [0.29, 0.717) is 6.04 Å². The second kappa shape index (κ2) is 3.92. The summed E-state index contributed by atoms with van der Waals surface area (Å²) in [7, 11) is 0. The Bertz CT molecular complexity index is 600. The molecule has 0 bridgehead atoms. The van der Waals surface area contributed by atoms with Gasteiger partial charge in [-0.05, 0) is 50.5 Å². The van der Waals surface area contributed by atoms with Crippen LogP contribution < -0.4 is 5.32 Å². The van der Waals surface area contributed by atoms with Crippen LogP contribution in [0.2, 0.25) is 0 Å². The zero-order valence-corrected chi connectivity index (χ0v) is 11.4. The van der Waals surface area contributed by atoms with Gasteiger partial charge in [0.15, 0.2) is 0 Å². The molecule has 94 valence electrons. The fourth-order valence-electron chi connectivity index (χ4n) is 2.97. The number of anilines is 1. The molecular formula is C14H17N3S. The summed E-state index contributed by atoms with van der Waals surface area (Å²) in [5.74, 6) is 1.92. The first-order valence-corrected chi connectivity index (χ1v) is 7.66. The lowest BCUT2D eigenvalue weighted by molar-refractivity contribution is 0.691. The van der Waals surface area contributed by atoms with Crippen LogP contribution in [0.3, 0.4) is 0 Å². The van der Waals surface area contributed by atoms with E-state index in [1.807, 2.05) is 11.3 Å². The molecular weight excluding hydrogens is 242 g/mol. The zero-order valence-electron chi connectivity index (χ0n) is 10.6. The fraction of sp³-hybridized carbons (Fsp3) is 0.571. The molecule has 1 fully saturated rings. The van der Waals surface area contributed by atoms with Crippen LogP contribution >= 0.6 is 11.3 Å². The van der Waals surface area contributed by atoms with E-state index in [0.717, 1.165) is 11.7 Å². The van der Waals surface area contributed by atoms with E-state index in [-0.39, 0.29) is 0 Å². The monoisotopic (exact) mass is 259 g/mol. The van der Waals surface area contributed by atoms with Gasteiger partial charge in [0.1, 0.15) is 17.0 Å². The maximum atomic E-state index is 4.49. The van der Waals surface area contributed by atoms with Crippen LogP contribution in [0.1, 0.15) is 36.6 Å². The standard InChI is InChI=1S/C14H17N3S/c1-8(9-5-6-9)17-13-12-10-3-2-4-11(10)18-14(12)16-7-15-13/h7-9H,2-6H2,1H3,(H,15,16,17)/t8-/m0/s1. The fourth-order valence-corrected chi connectivity index (χ4v) is 4.20. The van der Waals surface area contributed by atoms with E-state index in [2.05, 4.69) is 22.2 Å². The smallest absolute Gasteiger partial charge is 0.138 e. The summed E-state index contributed by atoms with van der Waals surface area (Å²) in [5, 5.41) is 4.93. The largest absolute Gasteiger partial charge is 0.367 e. The molecule has 4 rings (SSSR count). The summed E-state index contributed by atoms with van der Waals surface area (Å²) in [6, 6.07) is 0.542. The summed E-state index contributed by atoms with van der Waals surface area (Å²) >= 11 is 1.86. The Hall–Kier alpha value is -1.16. The lowest BCUT2D eigenvalue weighted by Crippen LogP contribution is -2.18. The average Bonchev–Trinajstić information content (AvgIpc) is 3.01. The van der Waals surface area contributed by atoms with Crippen molar-refractivity contribution in [1.82, 2.24) is 9.97 Å². The van der Waals surface area contributed by atoms with Crippen molar-refractivity contribution < 1.29 is 0 Å². The van der Waals surface area contributed by atoms with Crippen LogP contribution in [0.25, 0.3) is 10.2 Å². The van der Waals surface area contributed by atoms with E-state index in [9.17, 15) is 0 Å². The van der Waals surface area contributed by atoms with E-state index in [4.69, 9.17) is 0 Å². The minimum atomic E-state index is 0.542. The maximum Gasteiger partial charge on any atom is 0.138 e. The zero-order chi connectivity index (χ0) is 12.1. The molecule has 0 unspecified atom stereocenters. The SMILES string of the molecule is C[C@H](Nc1ncnc2sc3c(c12)CCC3)C1CC1. The molecule has 0 radical (unpaired) electrons. The molecule has 3 nitrogen and oxygen atoms in total. The summed E-state index contributed by atoms with van der Waals surface area (Å²) < 4.78 is 0. The third-order valence-corrected chi connectivity index (χ3v) is 5.39. The van der Waals surface area contributed by atoms with Gasteiger partial charge in [-0.2, -0.15) is 0 Å². The molecule has 2 aliphatic carbocycles. The summed E-state index contributed by atoms with van der Waals surface area (Å²) in [6.45, 7) is 2.28. The van der Waals surface area contributed by atoms with Crippen LogP contribution in [0.4, 0.5) is 5.82 Å². The normalized spacial score (nSPS) is 20.1. The van der Waals surface area contributed by atoms with Gasteiger partial charge in [0.2, 0.25) is 0 Å². The lowest BCUT2D eigenvalue weighted by atomic mass is 10.1. The number of aryl methyl sites for hydroxylation is 2. The van der Waals surface area contributed by atoms with Gasteiger partial charge in [-0.1, -0.05) is 0 Å². The van der Waals surface area contributed by atoms with Gasteiger partial charge in [0, 0.05) is 10.9 Å². The molecule has 0 amide bonds. The summed E-state index contributed by atoms with van der Waals surface area (Å²) in [5.41, 5.74) is 1.51. The maximum absolute atomic E-state index is 4.49. The quantitative estimate of drug-likeness (QED) is 0.918. The van der Waals surface area contributed by atoms with Gasteiger partial charge in [0.25, 0.3) is 0 Å². The van der Waals surface area contributed by atoms with E-state index in [1.54, 1.807) is 6.33 Å². The Morgan fingerprint density at radius 2 is 2.22 bits per heavy atom. The van der Waals surface area contributed by atoms with E-state index >= 15 is 0 Å². The number of fused-ring (bicyclic) bond motifs is 3. The molecule has 2 aliphatic rings. The van der Waals surface area contributed by atoms with Gasteiger partial charge >= 0.3 is 0 Å². The minimum Gasteiger partial charge on any atom is -0.367 e. The number of nitrogens with one attached hydrogen (secondary N) is 1. The van der Waals surface area contributed by atoms with Gasteiger partial charge < -0.3 is 5.32 Å². The van der Waals surface area contributed by atoms with Gasteiger partial charge in [-0.15, -0.1) is 11.3 Å². The molecule has 18 heavy (non-hydrogen) atoms.